The Hall–Kier alpha value is -1.56. The average Bonchev–Trinajstić information content (AvgIpc) is 2.25. The van der Waals surface area contributed by atoms with Crippen LogP contribution in [0.4, 0.5) is 13.2 Å². The van der Waals surface area contributed by atoms with Gasteiger partial charge in [0.25, 0.3) is 0 Å². The zero-order chi connectivity index (χ0) is 12.3. The van der Waals surface area contributed by atoms with E-state index >= 15 is 0 Å². The topological polar surface area (TPSA) is 52.3 Å². The molecule has 16 heavy (non-hydrogen) atoms. The minimum atomic E-state index is -1.60. The smallest absolute Gasteiger partial charge is 0.307 e. The van der Waals surface area contributed by atoms with Crippen molar-refractivity contribution in [1.82, 2.24) is 0 Å². The van der Waals surface area contributed by atoms with Gasteiger partial charge in [-0.05, 0) is 6.07 Å². The molecule has 0 heterocycles. The standard InChI is InChI=1S/C10H10F3NO2/c1-16-8(15)4-7(14)5-2-3-6(11)10(13)9(5)12/h2-3,7H,4,14H2,1H3/t7-/m0/s1. The second-order valence-electron chi connectivity index (χ2n) is 3.15. The number of ether oxygens (including phenoxy) is 1. The Bertz CT molecular complexity index is 409. The first-order valence-electron chi connectivity index (χ1n) is 4.43. The van der Waals surface area contributed by atoms with Crippen LogP contribution in [0.3, 0.4) is 0 Å². The van der Waals surface area contributed by atoms with Gasteiger partial charge in [-0.2, -0.15) is 0 Å². The van der Waals surface area contributed by atoms with Gasteiger partial charge >= 0.3 is 5.97 Å². The summed E-state index contributed by atoms with van der Waals surface area (Å²) >= 11 is 0. The summed E-state index contributed by atoms with van der Waals surface area (Å²) in [6.07, 6.45) is -0.307. The van der Waals surface area contributed by atoms with Crippen molar-refractivity contribution in [1.29, 1.82) is 0 Å². The number of halogens is 3. The van der Waals surface area contributed by atoms with Crippen LogP contribution >= 0.6 is 0 Å². The molecular formula is C10H10F3NO2. The molecule has 0 amide bonds. The van der Waals surface area contributed by atoms with Crippen LogP contribution in [0.15, 0.2) is 12.1 Å². The molecule has 0 unspecified atom stereocenters. The fourth-order valence-corrected chi connectivity index (χ4v) is 1.20. The Morgan fingerprint density at radius 3 is 2.56 bits per heavy atom. The van der Waals surface area contributed by atoms with Crippen LogP contribution in [-0.2, 0) is 9.53 Å². The molecule has 1 atom stereocenters. The lowest BCUT2D eigenvalue weighted by molar-refractivity contribution is -0.141. The number of esters is 1. The highest BCUT2D eigenvalue weighted by molar-refractivity contribution is 5.70. The Morgan fingerprint density at radius 2 is 2.00 bits per heavy atom. The summed E-state index contributed by atoms with van der Waals surface area (Å²) in [5.41, 5.74) is 5.20. The van der Waals surface area contributed by atoms with Gasteiger partial charge in [0.2, 0.25) is 0 Å². The van der Waals surface area contributed by atoms with Crippen LogP contribution < -0.4 is 5.73 Å². The second kappa shape index (κ2) is 4.98. The summed E-state index contributed by atoms with van der Waals surface area (Å²) in [6, 6.07) is 0.689. The van der Waals surface area contributed by atoms with Crippen LogP contribution in [0.25, 0.3) is 0 Å². The van der Waals surface area contributed by atoms with Crippen molar-refractivity contribution < 1.29 is 22.7 Å². The van der Waals surface area contributed by atoms with Gasteiger partial charge in [-0.25, -0.2) is 13.2 Å². The van der Waals surface area contributed by atoms with Gasteiger partial charge in [0, 0.05) is 11.6 Å². The highest BCUT2D eigenvalue weighted by Gasteiger charge is 2.20. The van der Waals surface area contributed by atoms with E-state index in [0.717, 1.165) is 19.2 Å². The lowest BCUT2D eigenvalue weighted by Crippen LogP contribution is -2.18. The van der Waals surface area contributed by atoms with Crippen molar-refractivity contribution in [3.63, 3.8) is 0 Å². The molecule has 0 spiro atoms. The molecule has 3 nitrogen and oxygen atoms in total. The van der Waals surface area contributed by atoms with E-state index in [0.29, 0.717) is 0 Å². The number of hydrogen-bond acceptors (Lipinski definition) is 3. The molecule has 0 saturated carbocycles. The first kappa shape index (κ1) is 12.5. The molecule has 1 aromatic carbocycles. The van der Waals surface area contributed by atoms with Crippen LogP contribution in [0.2, 0.25) is 0 Å². The van der Waals surface area contributed by atoms with Crippen molar-refractivity contribution in [3.8, 4) is 0 Å². The summed E-state index contributed by atoms with van der Waals surface area (Å²) in [5.74, 6) is -4.93. The van der Waals surface area contributed by atoms with Crippen molar-refractivity contribution in [2.24, 2.45) is 5.73 Å². The van der Waals surface area contributed by atoms with Gasteiger partial charge in [0.15, 0.2) is 17.5 Å². The van der Waals surface area contributed by atoms with E-state index in [2.05, 4.69) is 4.74 Å². The molecular weight excluding hydrogens is 223 g/mol. The van der Waals surface area contributed by atoms with E-state index in [9.17, 15) is 18.0 Å². The third-order valence-corrected chi connectivity index (χ3v) is 2.08. The van der Waals surface area contributed by atoms with E-state index in [4.69, 9.17) is 5.73 Å². The molecule has 1 aromatic rings. The van der Waals surface area contributed by atoms with E-state index in [1.165, 1.54) is 0 Å². The van der Waals surface area contributed by atoms with Crippen LogP contribution in [-0.4, -0.2) is 13.1 Å². The Balaban J connectivity index is 2.96. The van der Waals surface area contributed by atoms with Gasteiger partial charge in [-0.3, -0.25) is 4.79 Å². The van der Waals surface area contributed by atoms with Crippen molar-refractivity contribution in [2.75, 3.05) is 7.11 Å². The van der Waals surface area contributed by atoms with E-state index in [1.54, 1.807) is 0 Å². The number of methoxy groups -OCH3 is 1. The molecule has 0 aliphatic carbocycles. The largest absolute Gasteiger partial charge is 0.469 e. The number of rotatable bonds is 3. The highest BCUT2D eigenvalue weighted by atomic mass is 19.2. The maximum Gasteiger partial charge on any atom is 0.307 e. The van der Waals surface area contributed by atoms with Crippen LogP contribution in [0.5, 0.6) is 0 Å². The molecule has 0 saturated heterocycles. The summed E-state index contributed by atoms with van der Waals surface area (Å²) in [5, 5.41) is 0. The number of hydrogen-bond donors (Lipinski definition) is 1. The fourth-order valence-electron chi connectivity index (χ4n) is 1.20. The Labute approximate surface area is 90.0 Å². The minimum Gasteiger partial charge on any atom is -0.469 e. The lowest BCUT2D eigenvalue weighted by atomic mass is 10.0. The maximum absolute atomic E-state index is 13.2. The third kappa shape index (κ3) is 2.52. The number of nitrogens with two attached hydrogens (primary N) is 1. The summed E-state index contributed by atoms with van der Waals surface area (Å²) < 4.78 is 43.0. The molecule has 6 heteroatoms. The first-order valence-corrected chi connectivity index (χ1v) is 4.43. The van der Waals surface area contributed by atoms with Crippen molar-refractivity contribution in [2.45, 2.75) is 12.5 Å². The number of benzene rings is 1. The molecule has 0 aliphatic heterocycles. The molecule has 0 radical (unpaired) electrons. The van der Waals surface area contributed by atoms with Crippen molar-refractivity contribution >= 4 is 5.97 Å². The fraction of sp³-hybridized carbons (Fsp3) is 0.300. The van der Waals surface area contributed by atoms with Crippen LogP contribution in [0.1, 0.15) is 18.0 Å². The molecule has 2 N–H and O–H groups in total. The first-order chi connectivity index (χ1) is 7.47. The van der Waals surface area contributed by atoms with Gasteiger partial charge in [-0.15, -0.1) is 0 Å². The SMILES string of the molecule is COC(=O)C[C@H](N)c1ccc(F)c(F)c1F. The second-order valence-corrected chi connectivity index (χ2v) is 3.15. The molecule has 0 aromatic heterocycles. The predicted octanol–water partition coefficient (Wildman–Crippen LogP) is 1.67. The average molecular weight is 233 g/mol. The highest BCUT2D eigenvalue weighted by Crippen LogP contribution is 2.22. The molecule has 1 rings (SSSR count). The van der Waals surface area contributed by atoms with E-state index < -0.39 is 29.5 Å². The summed E-state index contributed by atoms with van der Waals surface area (Å²) in [7, 11) is 1.15. The van der Waals surface area contributed by atoms with Gasteiger partial charge in [-0.1, -0.05) is 6.07 Å². The monoisotopic (exact) mass is 233 g/mol. The lowest BCUT2D eigenvalue weighted by Gasteiger charge is -2.12. The Morgan fingerprint density at radius 1 is 1.38 bits per heavy atom. The minimum absolute atomic E-state index is 0.260. The molecule has 0 aliphatic rings. The number of carbonyl (C=O) groups is 1. The quantitative estimate of drug-likeness (QED) is 0.638. The number of carbonyl (C=O) groups excluding carboxylic acids is 1. The molecule has 0 fully saturated rings. The van der Waals surface area contributed by atoms with Gasteiger partial charge in [0.1, 0.15) is 0 Å². The Kier molecular flexibility index (Phi) is 3.89. The van der Waals surface area contributed by atoms with Gasteiger partial charge in [0.05, 0.1) is 13.5 Å². The van der Waals surface area contributed by atoms with E-state index in [-0.39, 0.29) is 12.0 Å². The van der Waals surface area contributed by atoms with Crippen molar-refractivity contribution in [3.05, 3.63) is 35.1 Å². The van der Waals surface area contributed by atoms with Gasteiger partial charge < -0.3 is 10.5 Å². The van der Waals surface area contributed by atoms with E-state index in [1.807, 2.05) is 0 Å². The normalized spacial score (nSPS) is 12.3. The molecule has 88 valence electrons. The summed E-state index contributed by atoms with van der Waals surface area (Å²) in [6.45, 7) is 0. The third-order valence-electron chi connectivity index (χ3n) is 2.08. The zero-order valence-electron chi connectivity index (χ0n) is 8.47. The summed E-state index contributed by atoms with van der Waals surface area (Å²) in [4.78, 5) is 10.9. The molecule has 0 bridgehead atoms. The van der Waals surface area contributed by atoms with Crippen LogP contribution in [0, 0.1) is 17.5 Å². The predicted molar refractivity (Wildman–Crippen MR) is 49.9 cm³/mol. The zero-order valence-corrected chi connectivity index (χ0v) is 8.47. The maximum atomic E-state index is 13.2.